The molecule has 4 nitrogen and oxygen atoms in total. The second kappa shape index (κ2) is 9.60. The van der Waals surface area contributed by atoms with Gasteiger partial charge in [-0.25, -0.2) is 0 Å². The normalized spacial score (nSPS) is 15.9. The van der Waals surface area contributed by atoms with Crippen LogP contribution in [0.25, 0.3) is 0 Å². The van der Waals surface area contributed by atoms with Crippen LogP contribution in [-0.4, -0.2) is 12.5 Å². The number of rotatable bonds is 6. The predicted octanol–water partition coefficient (Wildman–Crippen LogP) is 6.88. The highest BCUT2D eigenvalue weighted by atomic mass is 35.5. The molecule has 0 radical (unpaired) electrons. The fraction of sp³-hybridized carbons (Fsp3) is 0.478. The van der Waals surface area contributed by atoms with Crippen molar-refractivity contribution in [3.63, 3.8) is 0 Å². The van der Waals surface area contributed by atoms with E-state index in [-0.39, 0.29) is 11.3 Å². The zero-order valence-electron chi connectivity index (χ0n) is 17.5. The van der Waals surface area contributed by atoms with Crippen molar-refractivity contribution in [3.8, 4) is 11.8 Å². The van der Waals surface area contributed by atoms with Crippen LogP contribution in [0.3, 0.4) is 0 Å². The van der Waals surface area contributed by atoms with E-state index in [2.05, 4.69) is 32.2 Å². The van der Waals surface area contributed by atoms with E-state index in [0.29, 0.717) is 51.7 Å². The summed E-state index contributed by atoms with van der Waals surface area (Å²) in [7, 11) is 0. The first-order chi connectivity index (χ1) is 14.2. The van der Waals surface area contributed by atoms with E-state index in [9.17, 15) is 10.1 Å². The molecule has 160 valence electrons. The summed E-state index contributed by atoms with van der Waals surface area (Å²) in [4.78, 5) is 13.7. The van der Waals surface area contributed by atoms with Crippen LogP contribution in [0.1, 0.15) is 56.0 Å². The van der Waals surface area contributed by atoms with Crippen molar-refractivity contribution in [1.29, 1.82) is 5.26 Å². The van der Waals surface area contributed by atoms with Gasteiger partial charge < -0.3 is 10.1 Å². The smallest absolute Gasteiger partial charge is 0.225 e. The number of anilines is 1. The zero-order chi connectivity index (χ0) is 21.9. The van der Waals surface area contributed by atoms with Gasteiger partial charge in [-0.3, -0.25) is 4.79 Å². The molecule has 7 heteroatoms. The maximum Gasteiger partial charge on any atom is 0.225 e. The number of nitrogens with zero attached hydrogens (tertiary/aromatic N) is 1. The molecule has 0 bridgehead atoms. The van der Waals surface area contributed by atoms with Crippen LogP contribution in [0.4, 0.5) is 5.00 Å². The van der Waals surface area contributed by atoms with E-state index in [4.69, 9.17) is 27.9 Å². The number of ether oxygens (including phenoxy) is 1. The predicted molar refractivity (Wildman–Crippen MR) is 124 cm³/mol. The molecule has 0 saturated heterocycles. The molecule has 1 amide bonds. The number of hydrogen-bond acceptors (Lipinski definition) is 4. The lowest BCUT2D eigenvalue weighted by Gasteiger charge is -2.33. The van der Waals surface area contributed by atoms with Gasteiger partial charge in [0.1, 0.15) is 16.8 Å². The largest absolute Gasteiger partial charge is 0.492 e. The summed E-state index contributed by atoms with van der Waals surface area (Å²) in [6.45, 7) is 7.17. The fourth-order valence-corrected chi connectivity index (χ4v) is 5.48. The van der Waals surface area contributed by atoms with Crippen molar-refractivity contribution in [3.05, 3.63) is 44.2 Å². The molecule has 3 rings (SSSR count). The monoisotopic (exact) mass is 464 g/mol. The summed E-state index contributed by atoms with van der Waals surface area (Å²) in [5.41, 5.74) is 2.00. The third-order valence-corrected chi connectivity index (χ3v) is 7.25. The molecular weight excluding hydrogens is 439 g/mol. The Kier molecular flexibility index (Phi) is 7.34. The highest BCUT2D eigenvalue weighted by molar-refractivity contribution is 7.16. The van der Waals surface area contributed by atoms with Crippen molar-refractivity contribution >= 4 is 45.4 Å². The van der Waals surface area contributed by atoms with Gasteiger partial charge in [-0.05, 0) is 60.8 Å². The van der Waals surface area contributed by atoms with Crippen molar-refractivity contribution < 1.29 is 9.53 Å². The van der Waals surface area contributed by atoms with Gasteiger partial charge in [0, 0.05) is 16.3 Å². The highest BCUT2D eigenvalue weighted by Crippen LogP contribution is 2.44. The van der Waals surface area contributed by atoms with E-state index in [0.717, 1.165) is 24.8 Å². The standard InChI is InChI=1S/C23H26Cl2N2O2S/c1-23(2,3)14-6-8-16-17(13-26)22(30-20(16)11-14)27-21(28)5-4-10-29-19-9-7-15(24)12-18(19)25/h7,9,12,14H,4-6,8,10-11H2,1-3H3,(H,27,28). The van der Waals surface area contributed by atoms with Gasteiger partial charge in [0.05, 0.1) is 17.2 Å². The molecule has 0 spiro atoms. The number of nitrogens with one attached hydrogen (secondary N) is 1. The minimum absolute atomic E-state index is 0.108. The van der Waals surface area contributed by atoms with E-state index in [1.165, 1.54) is 4.88 Å². The Morgan fingerprint density at radius 2 is 2.13 bits per heavy atom. The van der Waals surface area contributed by atoms with Gasteiger partial charge in [0.25, 0.3) is 0 Å². The highest BCUT2D eigenvalue weighted by Gasteiger charge is 2.32. The molecule has 0 fully saturated rings. The quantitative estimate of drug-likeness (QED) is 0.473. The molecule has 1 heterocycles. The van der Waals surface area contributed by atoms with Crippen molar-refractivity contribution in [2.75, 3.05) is 11.9 Å². The lowest BCUT2D eigenvalue weighted by molar-refractivity contribution is -0.116. The Bertz CT molecular complexity index is 973. The first kappa shape index (κ1) is 22.9. The van der Waals surface area contributed by atoms with Crippen LogP contribution in [-0.2, 0) is 17.6 Å². The molecule has 1 aromatic heterocycles. The first-order valence-corrected chi connectivity index (χ1v) is 11.7. The summed E-state index contributed by atoms with van der Waals surface area (Å²) in [6.07, 6.45) is 3.82. The molecule has 30 heavy (non-hydrogen) atoms. The van der Waals surface area contributed by atoms with Gasteiger partial charge in [-0.1, -0.05) is 44.0 Å². The minimum Gasteiger partial charge on any atom is -0.492 e. The van der Waals surface area contributed by atoms with Crippen LogP contribution in [0.15, 0.2) is 18.2 Å². The third kappa shape index (κ3) is 5.49. The molecule has 1 unspecified atom stereocenters. The Hall–Kier alpha value is -1.74. The summed E-state index contributed by atoms with van der Waals surface area (Å²) < 4.78 is 5.63. The molecular formula is C23H26Cl2N2O2S. The number of hydrogen-bond donors (Lipinski definition) is 1. The SMILES string of the molecule is CC(C)(C)C1CCc2c(sc(NC(=O)CCCOc3ccc(Cl)cc3Cl)c2C#N)C1. The van der Waals surface area contributed by atoms with Crippen molar-refractivity contribution in [1.82, 2.24) is 0 Å². The Morgan fingerprint density at radius 3 is 2.80 bits per heavy atom. The zero-order valence-corrected chi connectivity index (χ0v) is 19.8. The molecule has 1 aliphatic rings. The number of carbonyl (C=O) groups excluding carboxylic acids is 1. The fourth-order valence-electron chi connectivity index (χ4n) is 3.73. The van der Waals surface area contributed by atoms with Crippen LogP contribution < -0.4 is 10.1 Å². The van der Waals surface area contributed by atoms with E-state index in [1.54, 1.807) is 29.5 Å². The number of benzene rings is 1. The average molecular weight is 465 g/mol. The van der Waals surface area contributed by atoms with Gasteiger partial charge in [0.15, 0.2) is 0 Å². The second-order valence-electron chi connectivity index (χ2n) is 8.70. The molecule has 0 aliphatic heterocycles. The molecule has 1 N–H and O–H groups in total. The number of thiophene rings is 1. The minimum atomic E-state index is -0.108. The van der Waals surface area contributed by atoms with Crippen LogP contribution in [0.2, 0.25) is 10.0 Å². The van der Waals surface area contributed by atoms with Gasteiger partial charge >= 0.3 is 0 Å². The number of halogens is 2. The summed E-state index contributed by atoms with van der Waals surface area (Å²) in [6, 6.07) is 7.35. The molecule has 0 saturated carbocycles. The second-order valence-corrected chi connectivity index (χ2v) is 10.6. The lowest BCUT2D eigenvalue weighted by atomic mass is 9.72. The molecule has 2 aromatic rings. The Balaban J connectivity index is 1.55. The lowest BCUT2D eigenvalue weighted by Crippen LogP contribution is -2.26. The first-order valence-electron chi connectivity index (χ1n) is 10.1. The maximum absolute atomic E-state index is 12.4. The van der Waals surface area contributed by atoms with Crippen molar-refractivity contribution in [2.24, 2.45) is 11.3 Å². The van der Waals surface area contributed by atoms with E-state index < -0.39 is 0 Å². The third-order valence-electron chi connectivity index (χ3n) is 5.55. The summed E-state index contributed by atoms with van der Waals surface area (Å²) in [5, 5.41) is 14.3. The van der Waals surface area contributed by atoms with Gasteiger partial charge in [0.2, 0.25) is 5.91 Å². The van der Waals surface area contributed by atoms with Crippen LogP contribution in [0.5, 0.6) is 5.75 Å². The summed E-state index contributed by atoms with van der Waals surface area (Å²) in [5.74, 6) is 1.03. The number of nitriles is 1. The molecule has 1 aromatic carbocycles. The van der Waals surface area contributed by atoms with Gasteiger partial charge in [-0.15, -0.1) is 11.3 Å². The average Bonchev–Trinajstić information content (AvgIpc) is 3.01. The van der Waals surface area contributed by atoms with Crippen LogP contribution >= 0.6 is 34.5 Å². The van der Waals surface area contributed by atoms with E-state index in [1.807, 2.05) is 0 Å². The maximum atomic E-state index is 12.4. The Morgan fingerprint density at radius 1 is 1.37 bits per heavy atom. The Labute approximate surface area is 192 Å². The molecule has 1 atom stereocenters. The number of amides is 1. The number of fused-ring (bicyclic) bond motifs is 1. The number of carbonyl (C=O) groups is 1. The molecule has 1 aliphatic carbocycles. The van der Waals surface area contributed by atoms with Crippen molar-refractivity contribution in [2.45, 2.75) is 52.9 Å². The topological polar surface area (TPSA) is 62.1 Å². The van der Waals surface area contributed by atoms with Gasteiger partial charge in [-0.2, -0.15) is 5.26 Å². The van der Waals surface area contributed by atoms with Crippen LogP contribution in [0, 0.1) is 22.7 Å². The van der Waals surface area contributed by atoms with E-state index >= 15 is 0 Å². The summed E-state index contributed by atoms with van der Waals surface area (Å²) >= 11 is 13.5.